The molecule has 2 N–H and O–H groups in total. The number of hydrogen-bond acceptors (Lipinski definition) is 1. The Morgan fingerprint density at radius 3 is 2.56 bits per heavy atom. The molecule has 4 heteroatoms. The van der Waals surface area contributed by atoms with E-state index in [9.17, 15) is 8.78 Å². The van der Waals surface area contributed by atoms with Gasteiger partial charge in [0.15, 0.2) is 0 Å². The summed E-state index contributed by atoms with van der Waals surface area (Å²) < 4.78 is 28.1. The van der Waals surface area contributed by atoms with E-state index >= 15 is 0 Å². The van der Waals surface area contributed by atoms with Crippen LogP contribution >= 0.6 is 15.9 Å². The smallest absolute Gasteiger partial charge is 0.129 e. The molecule has 0 fully saturated rings. The van der Waals surface area contributed by atoms with Gasteiger partial charge in [0.2, 0.25) is 0 Å². The van der Waals surface area contributed by atoms with E-state index in [0.29, 0.717) is 10.0 Å². The first-order valence-electron chi connectivity index (χ1n) is 5.22. The zero-order valence-corrected chi connectivity index (χ0v) is 11.0. The third-order valence-electron chi connectivity index (χ3n) is 2.87. The predicted octanol–water partition coefficient (Wildman–Crippen LogP) is 3.45. The fourth-order valence-corrected chi connectivity index (χ4v) is 1.89. The van der Waals surface area contributed by atoms with E-state index in [4.69, 9.17) is 5.73 Å². The monoisotopic (exact) mass is 291 g/mol. The Bertz CT molecular complexity index is 368. The van der Waals surface area contributed by atoms with Gasteiger partial charge in [-0.1, -0.05) is 29.8 Å². The largest absolute Gasteiger partial charge is 0.328 e. The molecular formula is C12H16BrF2N. The van der Waals surface area contributed by atoms with Crippen molar-refractivity contribution in [1.82, 2.24) is 0 Å². The molecule has 0 aliphatic heterocycles. The van der Waals surface area contributed by atoms with Gasteiger partial charge in [-0.2, -0.15) is 0 Å². The van der Waals surface area contributed by atoms with Crippen molar-refractivity contribution in [2.45, 2.75) is 25.9 Å². The summed E-state index contributed by atoms with van der Waals surface area (Å²) in [5, 5.41) is 0. The first kappa shape index (κ1) is 13.6. The lowest BCUT2D eigenvalue weighted by atomic mass is 9.86. The standard InChI is InChI=1S/C12H16BrF2N/c1-8(2)12(15,7-16)6-9-5-10(14)3-4-11(9)13/h3-5,8H,6-7,16H2,1-2H3. The third kappa shape index (κ3) is 3.01. The molecule has 0 heterocycles. The Labute approximate surface area is 103 Å². The maximum Gasteiger partial charge on any atom is 0.129 e. The summed E-state index contributed by atoms with van der Waals surface area (Å²) in [7, 11) is 0. The van der Waals surface area contributed by atoms with Crippen LogP contribution in [0.4, 0.5) is 8.78 Å². The van der Waals surface area contributed by atoms with Gasteiger partial charge in [0.05, 0.1) is 0 Å². The molecule has 0 saturated heterocycles. The number of nitrogens with two attached hydrogens (primary N) is 1. The Morgan fingerprint density at radius 2 is 2.06 bits per heavy atom. The van der Waals surface area contributed by atoms with Crippen molar-refractivity contribution >= 4 is 15.9 Å². The number of benzene rings is 1. The van der Waals surface area contributed by atoms with Crippen molar-refractivity contribution in [3.8, 4) is 0 Å². The molecule has 1 aromatic rings. The van der Waals surface area contributed by atoms with Crippen LogP contribution in [0.25, 0.3) is 0 Å². The van der Waals surface area contributed by atoms with Crippen molar-refractivity contribution < 1.29 is 8.78 Å². The van der Waals surface area contributed by atoms with Crippen molar-refractivity contribution in [1.29, 1.82) is 0 Å². The normalized spacial score (nSPS) is 15.2. The van der Waals surface area contributed by atoms with Crippen LogP contribution < -0.4 is 5.73 Å². The Hall–Kier alpha value is -0.480. The second-order valence-electron chi connectivity index (χ2n) is 4.31. The molecule has 0 bridgehead atoms. The lowest BCUT2D eigenvalue weighted by Gasteiger charge is -2.28. The van der Waals surface area contributed by atoms with Crippen molar-refractivity contribution in [2.75, 3.05) is 6.54 Å². The summed E-state index contributed by atoms with van der Waals surface area (Å²) in [5.74, 6) is -0.561. The molecule has 1 nitrogen and oxygen atoms in total. The third-order valence-corrected chi connectivity index (χ3v) is 3.64. The summed E-state index contributed by atoms with van der Waals surface area (Å²) >= 11 is 3.29. The van der Waals surface area contributed by atoms with E-state index in [1.165, 1.54) is 12.1 Å². The predicted molar refractivity (Wildman–Crippen MR) is 65.5 cm³/mol. The molecular weight excluding hydrogens is 276 g/mol. The maximum atomic E-state index is 14.4. The molecule has 1 rings (SSSR count). The molecule has 0 aliphatic carbocycles. The molecule has 1 aromatic carbocycles. The van der Waals surface area contributed by atoms with Crippen LogP contribution in [0.2, 0.25) is 0 Å². The fourth-order valence-electron chi connectivity index (χ4n) is 1.51. The average Bonchev–Trinajstić information content (AvgIpc) is 2.23. The number of rotatable bonds is 4. The van der Waals surface area contributed by atoms with Crippen LogP contribution in [0.15, 0.2) is 22.7 Å². The van der Waals surface area contributed by atoms with Crippen LogP contribution in [-0.4, -0.2) is 12.2 Å². The van der Waals surface area contributed by atoms with Gasteiger partial charge in [-0.3, -0.25) is 0 Å². The van der Waals surface area contributed by atoms with E-state index in [0.717, 1.165) is 0 Å². The fraction of sp³-hybridized carbons (Fsp3) is 0.500. The summed E-state index contributed by atoms with van der Waals surface area (Å²) in [6.45, 7) is 3.49. The average molecular weight is 292 g/mol. The van der Waals surface area contributed by atoms with Gasteiger partial charge in [0.25, 0.3) is 0 Å². The quantitative estimate of drug-likeness (QED) is 0.903. The van der Waals surface area contributed by atoms with Gasteiger partial charge in [0.1, 0.15) is 11.5 Å². The molecule has 0 amide bonds. The van der Waals surface area contributed by atoms with Crippen molar-refractivity contribution in [3.05, 3.63) is 34.1 Å². The number of hydrogen-bond donors (Lipinski definition) is 1. The molecule has 90 valence electrons. The topological polar surface area (TPSA) is 26.0 Å². The van der Waals surface area contributed by atoms with Crippen LogP contribution in [-0.2, 0) is 6.42 Å². The van der Waals surface area contributed by atoms with Gasteiger partial charge in [-0.25, -0.2) is 8.78 Å². The van der Waals surface area contributed by atoms with Gasteiger partial charge in [0, 0.05) is 17.4 Å². The molecule has 0 saturated carbocycles. The van der Waals surface area contributed by atoms with Gasteiger partial charge in [-0.05, 0) is 29.7 Å². The van der Waals surface area contributed by atoms with Gasteiger partial charge >= 0.3 is 0 Å². The highest BCUT2D eigenvalue weighted by molar-refractivity contribution is 9.10. The minimum Gasteiger partial charge on any atom is -0.328 e. The summed E-state index contributed by atoms with van der Waals surface area (Å²) in [4.78, 5) is 0. The minimum absolute atomic E-state index is 0.0619. The highest BCUT2D eigenvalue weighted by Gasteiger charge is 2.32. The van der Waals surface area contributed by atoms with Crippen molar-refractivity contribution in [2.24, 2.45) is 11.7 Å². The highest BCUT2D eigenvalue weighted by Crippen LogP contribution is 2.29. The van der Waals surface area contributed by atoms with E-state index < -0.39 is 5.67 Å². The second-order valence-corrected chi connectivity index (χ2v) is 5.16. The van der Waals surface area contributed by atoms with E-state index in [1.807, 2.05) is 0 Å². The van der Waals surface area contributed by atoms with Gasteiger partial charge in [-0.15, -0.1) is 0 Å². The second kappa shape index (κ2) is 5.23. The highest BCUT2D eigenvalue weighted by atomic mass is 79.9. The molecule has 0 aliphatic rings. The molecule has 1 unspecified atom stereocenters. The summed E-state index contributed by atoms with van der Waals surface area (Å²) in [6, 6.07) is 4.27. The lowest BCUT2D eigenvalue weighted by molar-refractivity contribution is 0.110. The Balaban J connectivity index is 2.98. The zero-order chi connectivity index (χ0) is 12.3. The summed E-state index contributed by atoms with van der Waals surface area (Å²) in [5.41, 5.74) is 4.58. The molecule has 16 heavy (non-hydrogen) atoms. The first-order chi connectivity index (χ1) is 7.39. The summed E-state index contributed by atoms with van der Waals surface area (Å²) in [6.07, 6.45) is 0.125. The number of alkyl halides is 1. The van der Waals surface area contributed by atoms with E-state index in [-0.39, 0.29) is 24.7 Å². The lowest BCUT2D eigenvalue weighted by Crippen LogP contribution is -2.40. The zero-order valence-electron chi connectivity index (χ0n) is 9.43. The van der Waals surface area contributed by atoms with Crippen LogP contribution in [0.5, 0.6) is 0 Å². The van der Waals surface area contributed by atoms with E-state index in [1.54, 1.807) is 19.9 Å². The van der Waals surface area contributed by atoms with Crippen LogP contribution in [0.1, 0.15) is 19.4 Å². The van der Waals surface area contributed by atoms with Crippen LogP contribution in [0, 0.1) is 11.7 Å². The molecule has 0 aromatic heterocycles. The van der Waals surface area contributed by atoms with E-state index in [2.05, 4.69) is 15.9 Å². The van der Waals surface area contributed by atoms with Crippen LogP contribution in [0.3, 0.4) is 0 Å². The molecule has 1 atom stereocenters. The Kier molecular flexibility index (Phi) is 4.44. The maximum absolute atomic E-state index is 14.4. The number of halogens is 3. The molecule has 0 radical (unpaired) electrons. The molecule has 0 spiro atoms. The minimum atomic E-state index is -1.49. The van der Waals surface area contributed by atoms with Crippen molar-refractivity contribution in [3.63, 3.8) is 0 Å². The first-order valence-corrected chi connectivity index (χ1v) is 6.01. The van der Waals surface area contributed by atoms with Gasteiger partial charge < -0.3 is 5.73 Å². The SMILES string of the molecule is CC(C)C(F)(CN)Cc1cc(F)ccc1Br. The Morgan fingerprint density at radius 1 is 1.44 bits per heavy atom.